The molecule has 3 rings (SSSR count). The van der Waals surface area contributed by atoms with Crippen molar-refractivity contribution >= 4 is 17.2 Å². The molecule has 2 heterocycles. The summed E-state index contributed by atoms with van der Waals surface area (Å²) < 4.78 is 2.02. The van der Waals surface area contributed by atoms with E-state index in [2.05, 4.69) is 56.1 Å². The summed E-state index contributed by atoms with van der Waals surface area (Å²) in [6.45, 7) is 8.47. The fraction of sp³-hybridized carbons (Fsp3) is 0.316. The van der Waals surface area contributed by atoms with Crippen molar-refractivity contribution in [1.82, 2.24) is 9.38 Å². The average Bonchev–Trinajstić information content (AvgIpc) is 2.94. The van der Waals surface area contributed by atoms with Gasteiger partial charge in [-0.3, -0.25) is 4.40 Å². The first kappa shape index (κ1) is 15.4. The Morgan fingerprint density at radius 3 is 2.48 bits per heavy atom. The number of nitrogens with zero attached hydrogens (tertiary/aromatic N) is 4. The van der Waals surface area contributed by atoms with Gasteiger partial charge in [-0.1, -0.05) is 39.0 Å². The lowest BCUT2D eigenvalue weighted by atomic mass is 10.1. The molecular formula is C19H22N4. The minimum atomic E-state index is 0.297. The van der Waals surface area contributed by atoms with Crippen LogP contribution in [0.1, 0.15) is 43.5 Å². The zero-order valence-corrected chi connectivity index (χ0v) is 14.1. The molecule has 0 saturated heterocycles. The highest BCUT2D eigenvalue weighted by Crippen LogP contribution is 2.30. The van der Waals surface area contributed by atoms with Gasteiger partial charge in [0.2, 0.25) is 0 Å². The molecule has 4 nitrogen and oxygen atoms in total. The smallest absolute Gasteiger partial charge is 0.183 e. The second-order valence-electron chi connectivity index (χ2n) is 6.08. The molecule has 0 aliphatic heterocycles. The maximum atomic E-state index is 4.76. The van der Waals surface area contributed by atoms with Crippen molar-refractivity contribution in [2.75, 3.05) is 0 Å². The summed E-state index contributed by atoms with van der Waals surface area (Å²) in [5.41, 5.74) is 5.24. The Hall–Kier alpha value is -2.49. The molecule has 3 aromatic rings. The second-order valence-corrected chi connectivity index (χ2v) is 6.08. The van der Waals surface area contributed by atoms with Crippen LogP contribution in [0.25, 0.3) is 5.65 Å². The number of fused-ring (bicyclic) bond motifs is 1. The third-order valence-corrected chi connectivity index (χ3v) is 4.00. The molecule has 0 aliphatic rings. The van der Waals surface area contributed by atoms with E-state index in [1.165, 1.54) is 5.56 Å². The zero-order chi connectivity index (χ0) is 16.4. The largest absolute Gasteiger partial charge is 0.283 e. The second kappa shape index (κ2) is 6.32. The minimum absolute atomic E-state index is 0.297. The Bertz CT molecular complexity index is 842. The summed E-state index contributed by atoms with van der Waals surface area (Å²) in [5.74, 6) is 1.11. The SMILES string of the molecule is CCc1ccc(N=Nc2c(C(C)C)nc3c(C)cccn23)cc1. The Kier molecular flexibility index (Phi) is 4.24. The summed E-state index contributed by atoms with van der Waals surface area (Å²) in [6, 6.07) is 12.3. The maximum Gasteiger partial charge on any atom is 0.183 e. The van der Waals surface area contributed by atoms with Crippen LogP contribution < -0.4 is 0 Å². The molecule has 4 heteroatoms. The van der Waals surface area contributed by atoms with Gasteiger partial charge in [0, 0.05) is 6.20 Å². The third kappa shape index (κ3) is 3.02. The van der Waals surface area contributed by atoms with Crippen LogP contribution in [0.15, 0.2) is 52.8 Å². The Morgan fingerprint density at radius 1 is 1.09 bits per heavy atom. The number of rotatable bonds is 4. The molecule has 0 atom stereocenters. The van der Waals surface area contributed by atoms with Crippen molar-refractivity contribution in [3.8, 4) is 0 Å². The van der Waals surface area contributed by atoms with Crippen LogP contribution in [0.5, 0.6) is 0 Å². The highest BCUT2D eigenvalue weighted by Gasteiger charge is 2.15. The number of aromatic nitrogens is 2. The molecule has 0 radical (unpaired) electrons. The average molecular weight is 306 g/mol. The first-order valence-electron chi connectivity index (χ1n) is 8.08. The molecule has 2 aromatic heterocycles. The summed E-state index contributed by atoms with van der Waals surface area (Å²) in [5, 5.41) is 8.92. The van der Waals surface area contributed by atoms with Gasteiger partial charge in [0.25, 0.3) is 0 Å². The number of imidazole rings is 1. The normalized spacial score (nSPS) is 11.9. The molecule has 23 heavy (non-hydrogen) atoms. The van der Waals surface area contributed by atoms with Crippen LogP contribution in [-0.2, 0) is 6.42 Å². The molecule has 0 aliphatic carbocycles. The number of hydrogen-bond acceptors (Lipinski definition) is 3. The Balaban J connectivity index is 2.05. The third-order valence-electron chi connectivity index (χ3n) is 4.00. The van der Waals surface area contributed by atoms with E-state index in [-0.39, 0.29) is 0 Å². The van der Waals surface area contributed by atoms with E-state index in [0.717, 1.165) is 34.8 Å². The van der Waals surface area contributed by atoms with E-state index in [9.17, 15) is 0 Å². The number of hydrogen-bond donors (Lipinski definition) is 0. The van der Waals surface area contributed by atoms with E-state index in [1.807, 2.05) is 28.8 Å². The zero-order valence-electron chi connectivity index (χ0n) is 14.1. The maximum absolute atomic E-state index is 4.76. The van der Waals surface area contributed by atoms with Gasteiger partial charge < -0.3 is 0 Å². The van der Waals surface area contributed by atoms with E-state index in [4.69, 9.17) is 4.98 Å². The lowest BCUT2D eigenvalue weighted by Gasteiger charge is -2.02. The molecule has 118 valence electrons. The lowest BCUT2D eigenvalue weighted by Crippen LogP contribution is -1.87. The Morgan fingerprint density at radius 2 is 1.83 bits per heavy atom. The first-order chi connectivity index (χ1) is 11.1. The van der Waals surface area contributed by atoms with Gasteiger partial charge in [0.1, 0.15) is 5.65 Å². The first-order valence-corrected chi connectivity index (χ1v) is 8.08. The summed E-state index contributed by atoms with van der Waals surface area (Å²) in [6.07, 6.45) is 3.03. The molecule has 0 spiro atoms. The van der Waals surface area contributed by atoms with Crippen LogP contribution in [0.3, 0.4) is 0 Å². The van der Waals surface area contributed by atoms with Crippen molar-refractivity contribution in [1.29, 1.82) is 0 Å². The topological polar surface area (TPSA) is 42.0 Å². The van der Waals surface area contributed by atoms with Crippen molar-refractivity contribution in [2.24, 2.45) is 10.2 Å². The number of aryl methyl sites for hydroxylation is 2. The van der Waals surface area contributed by atoms with Gasteiger partial charge >= 0.3 is 0 Å². The monoisotopic (exact) mass is 306 g/mol. The number of azo groups is 1. The highest BCUT2D eigenvalue weighted by molar-refractivity contribution is 5.57. The predicted octanol–water partition coefficient (Wildman–Crippen LogP) is 5.74. The molecule has 0 amide bonds. The summed E-state index contributed by atoms with van der Waals surface area (Å²) >= 11 is 0. The minimum Gasteiger partial charge on any atom is -0.283 e. The molecule has 0 bridgehead atoms. The van der Waals surface area contributed by atoms with E-state index < -0.39 is 0 Å². The van der Waals surface area contributed by atoms with E-state index in [1.54, 1.807) is 0 Å². The van der Waals surface area contributed by atoms with E-state index >= 15 is 0 Å². The number of pyridine rings is 1. The molecule has 0 unspecified atom stereocenters. The van der Waals surface area contributed by atoms with Gasteiger partial charge in [0.05, 0.1) is 11.4 Å². The summed E-state index contributed by atoms with van der Waals surface area (Å²) in [4.78, 5) is 4.76. The van der Waals surface area contributed by atoms with Crippen molar-refractivity contribution in [3.05, 3.63) is 59.4 Å². The standard InChI is InChI=1S/C19H22N4/c1-5-15-8-10-16(11-9-15)21-22-19-17(13(2)3)20-18-14(4)7-6-12-23(18)19/h6-13H,5H2,1-4H3. The van der Waals surface area contributed by atoms with Gasteiger partial charge in [0.15, 0.2) is 5.82 Å². The predicted molar refractivity (Wildman–Crippen MR) is 94.0 cm³/mol. The van der Waals surface area contributed by atoms with Gasteiger partial charge in [-0.05, 0) is 48.6 Å². The van der Waals surface area contributed by atoms with Crippen LogP contribution in [0.2, 0.25) is 0 Å². The molecule has 0 N–H and O–H groups in total. The molecular weight excluding hydrogens is 284 g/mol. The number of benzene rings is 1. The van der Waals surface area contributed by atoms with Crippen LogP contribution in [-0.4, -0.2) is 9.38 Å². The molecule has 0 fully saturated rings. The fourth-order valence-corrected chi connectivity index (χ4v) is 2.60. The molecule has 1 aromatic carbocycles. The van der Waals surface area contributed by atoms with E-state index in [0.29, 0.717) is 5.92 Å². The fourth-order valence-electron chi connectivity index (χ4n) is 2.60. The lowest BCUT2D eigenvalue weighted by molar-refractivity contribution is 0.831. The van der Waals surface area contributed by atoms with Crippen LogP contribution in [0, 0.1) is 6.92 Å². The van der Waals surface area contributed by atoms with Crippen molar-refractivity contribution < 1.29 is 0 Å². The highest BCUT2D eigenvalue weighted by atomic mass is 15.2. The Labute approximate surface area is 136 Å². The van der Waals surface area contributed by atoms with Gasteiger partial charge in [-0.2, -0.15) is 0 Å². The van der Waals surface area contributed by atoms with Gasteiger partial charge in [-0.15, -0.1) is 10.2 Å². The van der Waals surface area contributed by atoms with Crippen molar-refractivity contribution in [2.45, 2.75) is 40.0 Å². The molecule has 0 saturated carbocycles. The van der Waals surface area contributed by atoms with Crippen LogP contribution in [0.4, 0.5) is 11.5 Å². The summed E-state index contributed by atoms with van der Waals surface area (Å²) in [7, 11) is 0. The van der Waals surface area contributed by atoms with Gasteiger partial charge in [-0.25, -0.2) is 4.98 Å². The quantitative estimate of drug-likeness (QED) is 0.566. The van der Waals surface area contributed by atoms with Crippen molar-refractivity contribution in [3.63, 3.8) is 0 Å². The van der Waals surface area contributed by atoms with Crippen LogP contribution >= 0.6 is 0 Å².